The third-order valence-electron chi connectivity index (χ3n) is 3.42. The lowest BCUT2D eigenvalue weighted by molar-refractivity contribution is -0.120. The van der Waals surface area contributed by atoms with Crippen LogP contribution in [0.1, 0.15) is 11.4 Å². The number of benzene rings is 2. The molecule has 0 saturated heterocycles. The number of amides is 2. The molecule has 2 aromatic carbocycles. The molecule has 0 aliphatic heterocycles. The zero-order valence-corrected chi connectivity index (χ0v) is 14.2. The fourth-order valence-corrected chi connectivity index (χ4v) is 3.23. The molecule has 0 atom stereocenters. The summed E-state index contributed by atoms with van der Waals surface area (Å²) in [4.78, 5) is 27.3. The molecule has 128 valence electrons. The Hall–Kier alpha value is -2.93. The van der Waals surface area contributed by atoms with Gasteiger partial charge in [-0.05, 0) is 36.4 Å². The van der Waals surface area contributed by atoms with Crippen LogP contribution in [0, 0.1) is 0 Å². The van der Waals surface area contributed by atoms with E-state index in [4.69, 9.17) is 10.5 Å². The van der Waals surface area contributed by atoms with Crippen LogP contribution in [0.3, 0.4) is 0 Å². The number of carbonyl (C=O) groups is 2. The van der Waals surface area contributed by atoms with Crippen molar-refractivity contribution in [2.45, 2.75) is 12.8 Å². The number of rotatable bonds is 7. The van der Waals surface area contributed by atoms with Crippen molar-refractivity contribution < 1.29 is 14.3 Å². The molecule has 0 aliphatic rings. The van der Waals surface area contributed by atoms with E-state index in [1.807, 2.05) is 24.3 Å². The smallest absolute Gasteiger partial charge is 0.255 e. The van der Waals surface area contributed by atoms with E-state index in [2.05, 4.69) is 10.3 Å². The topological polar surface area (TPSA) is 94.3 Å². The SMILES string of the molecule is NC(=O)COc1ccc(NC(=O)CCc2nc3ccccc3s2)cc1. The molecule has 0 unspecified atom stereocenters. The molecular formula is C18H17N3O3S. The van der Waals surface area contributed by atoms with Gasteiger partial charge in [-0.25, -0.2) is 4.98 Å². The molecule has 1 aromatic heterocycles. The van der Waals surface area contributed by atoms with Gasteiger partial charge in [0.15, 0.2) is 6.61 Å². The number of primary amides is 1. The highest BCUT2D eigenvalue weighted by atomic mass is 32.1. The third-order valence-corrected chi connectivity index (χ3v) is 4.52. The van der Waals surface area contributed by atoms with Gasteiger partial charge in [0.2, 0.25) is 5.91 Å². The Morgan fingerprint density at radius 3 is 2.60 bits per heavy atom. The second kappa shape index (κ2) is 7.76. The lowest BCUT2D eigenvalue weighted by Crippen LogP contribution is -2.20. The van der Waals surface area contributed by atoms with Crippen molar-refractivity contribution in [1.82, 2.24) is 4.98 Å². The van der Waals surface area contributed by atoms with Crippen molar-refractivity contribution in [1.29, 1.82) is 0 Å². The summed E-state index contributed by atoms with van der Waals surface area (Å²) in [6, 6.07) is 14.7. The Kier molecular flexibility index (Phi) is 5.25. The molecule has 0 aliphatic carbocycles. The predicted molar refractivity (Wildman–Crippen MR) is 97.7 cm³/mol. The summed E-state index contributed by atoms with van der Waals surface area (Å²) in [6.07, 6.45) is 0.963. The number of ether oxygens (including phenoxy) is 1. The van der Waals surface area contributed by atoms with E-state index in [0.29, 0.717) is 24.3 Å². The van der Waals surface area contributed by atoms with Gasteiger partial charge >= 0.3 is 0 Å². The Morgan fingerprint density at radius 1 is 1.12 bits per heavy atom. The molecule has 7 heteroatoms. The van der Waals surface area contributed by atoms with Crippen molar-refractivity contribution in [3.05, 3.63) is 53.5 Å². The number of nitrogens with zero attached hydrogens (tertiary/aromatic N) is 1. The molecule has 0 radical (unpaired) electrons. The van der Waals surface area contributed by atoms with Crippen molar-refractivity contribution in [2.75, 3.05) is 11.9 Å². The highest BCUT2D eigenvalue weighted by Gasteiger charge is 2.07. The van der Waals surface area contributed by atoms with E-state index in [-0.39, 0.29) is 12.5 Å². The summed E-state index contributed by atoms with van der Waals surface area (Å²) in [5.74, 6) is -0.0939. The van der Waals surface area contributed by atoms with E-state index >= 15 is 0 Å². The number of hydrogen-bond acceptors (Lipinski definition) is 5. The summed E-state index contributed by atoms with van der Waals surface area (Å²) < 4.78 is 6.30. The predicted octanol–water partition coefficient (Wildman–Crippen LogP) is 2.73. The van der Waals surface area contributed by atoms with Crippen LogP contribution in [0.5, 0.6) is 5.75 Å². The first-order valence-electron chi connectivity index (χ1n) is 7.75. The average Bonchev–Trinajstić information content (AvgIpc) is 3.02. The first-order valence-corrected chi connectivity index (χ1v) is 8.57. The Bertz CT molecular complexity index is 857. The van der Waals surface area contributed by atoms with Gasteiger partial charge in [0, 0.05) is 18.5 Å². The zero-order chi connectivity index (χ0) is 17.6. The maximum absolute atomic E-state index is 12.1. The summed E-state index contributed by atoms with van der Waals surface area (Å²) in [5.41, 5.74) is 6.65. The van der Waals surface area contributed by atoms with E-state index in [9.17, 15) is 9.59 Å². The third kappa shape index (κ3) is 4.77. The highest BCUT2D eigenvalue weighted by molar-refractivity contribution is 7.18. The van der Waals surface area contributed by atoms with Crippen LogP contribution < -0.4 is 15.8 Å². The Labute approximate surface area is 148 Å². The number of thiazole rings is 1. The number of nitrogens with one attached hydrogen (secondary N) is 1. The normalized spacial score (nSPS) is 10.6. The second-order valence-electron chi connectivity index (χ2n) is 5.40. The molecule has 0 spiro atoms. The summed E-state index contributed by atoms with van der Waals surface area (Å²) in [7, 11) is 0. The standard InChI is InChI=1S/C18H17N3O3S/c19-16(22)11-24-13-7-5-12(6-8-13)20-17(23)9-10-18-21-14-3-1-2-4-15(14)25-18/h1-8H,9-11H2,(H2,19,22)(H,20,23). The number of nitrogens with two attached hydrogens (primary N) is 1. The number of carbonyl (C=O) groups excluding carboxylic acids is 2. The van der Waals surface area contributed by atoms with Crippen molar-refractivity contribution >= 4 is 39.1 Å². The van der Waals surface area contributed by atoms with Crippen LogP contribution >= 0.6 is 11.3 Å². The second-order valence-corrected chi connectivity index (χ2v) is 6.52. The van der Waals surface area contributed by atoms with Crippen LogP contribution in [0.4, 0.5) is 5.69 Å². The number of fused-ring (bicyclic) bond motifs is 1. The maximum atomic E-state index is 12.1. The van der Waals surface area contributed by atoms with Crippen LogP contribution in [0.2, 0.25) is 0 Å². The summed E-state index contributed by atoms with van der Waals surface area (Å²) in [5, 5.41) is 3.78. The summed E-state index contributed by atoms with van der Waals surface area (Å²) >= 11 is 1.61. The van der Waals surface area contributed by atoms with Gasteiger partial charge in [-0.1, -0.05) is 12.1 Å². The molecule has 3 N–H and O–H groups in total. The van der Waals surface area contributed by atoms with E-state index in [1.165, 1.54) is 0 Å². The van der Waals surface area contributed by atoms with Gasteiger partial charge in [-0.2, -0.15) is 0 Å². The molecule has 1 heterocycles. The number of hydrogen-bond donors (Lipinski definition) is 2. The number of aryl methyl sites for hydroxylation is 1. The fourth-order valence-electron chi connectivity index (χ4n) is 2.26. The molecule has 25 heavy (non-hydrogen) atoms. The number of para-hydroxylation sites is 1. The minimum absolute atomic E-state index is 0.0786. The molecule has 3 aromatic rings. The number of aromatic nitrogens is 1. The van der Waals surface area contributed by atoms with Crippen LogP contribution in [0.15, 0.2) is 48.5 Å². The van der Waals surface area contributed by atoms with Crippen molar-refractivity contribution in [3.63, 3.8) is 0 Å². The minimum Gasteiger partial charge on any atom is -0.484 e. The highest BCUT2D eigenvalue weighted by Crippen LogP contribution is 2.22. The first kappa shape index (κ1) is 16.9. The van der Waals surface area contributed by atoms with Crippen LogP contribution in [-0.2, 0) is 16.0 Å². The number of anilines is 1. The monoisotopic (exact) mass is 355 g/mol. The summed E-state index contributed by atoms with van der Waals surface area (Å²) in [6.45, 7) is -0.173. The van der Waals surface area contributed by atoms with Crippen LogP contribution in [0.25, 0.3) is 10.2 Å². The molecule has 0 fully saturated rings. The quantitative estimate of drug-likeness (QED) is 0.681. The lowest BCUT2D eigenvalue weighted by atomic mass is 10.2. The molecule has 6 nitrogen and oxygen atoms in total. The van der Waals surface area contributed by atoms with E-state index in [0.717, 1.165) is 15.2 Å². The Balaban J connectivity index is 1.51. The molecule has 3 rings (SSSR count). The molecular weight excluding hydrogens is 338 g/mol. The van der Waals surface area contributed by atoms with Crippen molar-refractivity contribution in [2.24, 2.45) is 5.73 Å². The van der Waals surface area contributed by atoms with E-state index < -0.39 is 5.91 Å². The van der Waals surface area contributed by atoms with Gasteiger partial charge in [-0.15, -0.1) is 11.3 Å². The molecule has 0 bridgehead atoms. The van der Waals surface area contributed by atoms with Gasteiger partial charge in [0.05, 0.1) is 15.2 Å². The van der Waals surface area contributed by atoms with E-state index in [1.54, 1.807) is 35.6 Å². The van der Waals surface area contributed by atoms with Gasteiger partial charge in [0.25, 0.3) is 5.91 Å². The lowest BCUT2D eigenvalue weighted by Gasteiger charge is -2.07. The Morgan fingerprint density at radius 2 is 1.88 bits per heavy atom. The van der Waals surface area contributed by atoms with Crippen LogP contribution in [-0.4, -0.2) is 23.4 Å². The zero-order valence-electron chi connectivity index (χ0n) is 13.4. The minimum atomic E-state index is -0.535. The fraction of sp³-hybridized carbons (Fsp3) is 0.167. The van der Waals surface area contributed by atoms with Gasteiger partial charge in [-0.3, -0.25) is 9.59 Å². The first-order chi connectivity index (χ1) is 12.1. The van der Waals surface area contributed by atoms with Crippen molar-refractivity contribution in [3.8, 4) is 5.75 Å². The molecule has 0 saturated carbocycles. The largest absolute Gasteiger partial charge is 0.484 e. The maximum Gasteiger partial charge on any atom is 0.255 e. The van der Waals surface area contributed by atoms with Gasteiger partial charge in [0.1, 0.15) is 5.75 Å². The van der Waals surface area contributed by atoms with Gasteiger partial charge < -0.3 is 15.8 Å². The molecule has 2 amide bonds. The average molecular weight is 355 g/mol.